The van der Waals surface area contributed by atoms with Gasteiger partial charge in [-0.05, 0) is 30.3 Å². The van der Waals surface area contributed by atoms with Crippen molar-refractivity contribution in [1.29, 1.82) is 0 Å². The Morgan fingerprint density at radius 2 is 2.05 bits per heavy atom. The highest BCUT2D eigenvalue weighted by molar-refractivity contribution is 5.70. The lowest BCUT2D eigenvalue weighted by molar-refractivity contribution is 0.625. The molecular formula is C13H10FN5. The summed E-state index contributed by atoms with van der Waals surface area (Å²) in [5.41, 5.74) is 7.82. The minimum atomic E-state index is -0.352. The number of hydrogen-bond donors (Lipinski definition) is 1. The van der Waals surface area contributed by atoms with Crippen molar-refractivity contribution < 1.29 is 4.39 Å². The molecule has 3 rings (SSSR count). The van der Waals surface area contributed by atoms with E-state index < -0.39 is 0 Å². The lowest BCUT2D eigenvalue weighted by Crippen LogP contribution is -2.02. The Morgan fingerprint density at radius 3 is 2.79 bits per heavy atom. The van der Waals surface area contributed by atoms with Gasteiger partial charge >= 0.3 is 0 Å². The van der Waals surface area contributed by atoms with Crippen molar-refractivity contribution in [2.24, 2.45) is 0 Å². The number of nitrogens with zero attached hydrogens (tertiary/aromatic N) is 4. The van der Waals surface area contributed by atoms with Crippen molar-refractivity contribution in [3.8, 4) is 16.9 Å². The molecule has 0 aliphatic carbocycles. The maximum Gasteiger partial charge on any atom is 0.155 e. The quantitative estimate of drug-likeness (QED) is 0.760. The fraction of sp³-hybridized carbons (Fsp3) is 0. The van der Waals surface area contributed by atoms with E-state index in [0.29, 0.717) is 17.2 Å². The van der Waals surface area contributed by atoms with E-state index >= 15 is 0 Å². The molecule has 6 heteroatoms. The van der Waals surface area contributed by atoms with Gasteiger partial charge in [0, 0.05) is 18.0 Å². The molecule has 5 nitrogen and oxygen atoms in total. The minimum absolute atomic E-state index is 0.346. The van der Waals surface area contributed by atoms with Crippen molar-refractivity contribution in [2.45, 2.75) is 0 Å². The van der Waals surface area contributed by atoms with E-state index in [2.05, 4.69) is 15.3 Å². The predicted octanol–water partition coefficient (Wildman–Crippen LogP) is 2.05. The maximum absolute atomic E-state index is 13.2. The van der Waals surface area contributed by atoms with Crippen molar-refractivity contribution in [3.05, 3.63) is 54.6 Å². The van der Waals surface area contributed by atoms with Crippen molar-refractivity contribution >= 4 is 5.82 Å². The fourth-order valence-electron chi connectivity index (χ4n) is 1.80. The van der Waals surface area contributed by atoms with Crippen LogP contribution in [0.3, 0.4) is 0 Å². The van der Waals surface area contributed by atoms with Gasteiger partial charge in [0.15, 0.2) is 5.82 Å². The summed E-state index contributed by atoms with van der Waals surface area (Å²) in [5, 5.41) is 7.97. The molecule has 2 aromatic heterocycles. The lowest BCUT2D eigenvalue weighted by atomic mass is 10.2. The highest BCUT2D eigenvalue weighted by Gasteiger charge is 2.13. The van der Waals surface area contributed by atoms with E-state index in [-0.39, 0.29) is 5.82 Å². The van der Waals surface area contributed by atoms with Crippen LogP contribution in [0.5, 0.6) is 0 Å². The van der Waals surface area contributed by atoms with Crippen LogP contribution in [0.25, 0.3) is 16.9 Å². The second kappa shape index (κ2) is 4.49. The van der Waals surface area contributed by atoms with E-state index in [1.54, 1.807) is 30.6 Å². The number of anilines is 1. The molecule has 19 heavy (non-hydrogen) atoms. The summed E-state index contributed by atoms with van der Waals surface area (Å²) >= 11 is 0. The first kappa shape index (κ1) is 11.3. The third-order valence-corrected chi connectivity index (χ3v) is 2.69. The minimum Gasteiger partial charge on any atom is -0.382 e. The van der Waals surface area contributed by atoms with E-state index in [1.165, 1.54) is 16.8 Å². The first-order valence-electron chi connectivity index (χ1n) is 5.63. The summed E-state index contributed by atoms with van der Waals surface area (Å²) < 4.78 is 14.6. The van der Waals surface area contributed by atoms with Gasteiger partial charge in [-0.15, -0.1) is 5.10 Å². The van der Waals surface area contributed by atoms with Crippen LogP contribution in [-0.2, 0) is 0 Å². The van der Waals surface area contributed by atoms with Crippen LogP contribution >= 0.6 is 0 Å². The maximum atomic E-state index is 13.2. The second-order valence-electron chi connectivity index (χ2n) is 3.96. The van der Waals surface area contributed by atoms with Gasteiger partial charge < -0.3 is 5.73 Å². The molecule has 0 spiro atoms. The van der Waals surface area contributed by atoms with Crippen LogP contribution in [0, 0.1) is 5.82 Å². The van der Waals surface area contributed by atoms with Gasteiger partial charge in [-0.25, -0.2) is 4.39 Å². The van der Waals surface area contributed by atoms with Crippen molar-refractivity contribution in [3.63, 3.8) is 0 Å². The van der Waals surface area contributed by atoms with E-state index in [9.17, 15) is 4.39 Å². The van der Waals surface area contributed by atoms with Gasteiger partial charge in [-0.2, -0.15) is 4.68 Å². The molecule has 1 aromatic carbocycles. The standard InChI is InChI=1S/C13H10FN5/c14-10-4-1-5-11(7-10)19-13(15)12(17-18-19)9-3-2-6-16-8-9/h1-8H,15H2. The molecule has 0 amide bonds. The van der Waals surface area contributed by atoms with Gasteiger partial charge in [-0.3, -0.25) is 4.98 Å². The highest BCUT2D eigenvalue weighted by atomic mass is 19.1. The molecule has 0 fully saturated rings. The first-order chi connectivity index (χ1) is 9.25. The zero-order chi connectivity index (χ0) is 13.2. The summed E-state index contributed by atoms with van der Waals surface area (Å²) in [6.07, 6.45) is 3.31. The summed E-state index contributed by atoms with van der Waals surface area (Å²) in [5.74, 6) is -0.00562. The smallest absolute Gasteiger partial charge is 0.155 e. The number of nitrogens with two attached hydrogens (primary N) is 1. The average molecular weight is 255 g/mol. The molecule has 94 valence electrons. The summed E-state index contributed by atoms with van der Waals surface area (Å²) in [4.78, 5) is 4.01. The van der Waals surface area contributed by atoms with Crippen LogP contribution in [0.15, 0.2) is 48.8 Å². The second-order valence-corrected chi connectivity index (χ2v) is 3.96. The van der Waals surface area contributed by atoms with Crippen molar-refractivity contribution in [1.82, 2.24) is 20.0 Å². The van der Waals surface area contributed by atoms with Gasteiger partial charge in [0.05, 0.1) is 5.69 Å². The number of nitrogen functional groups attached to an aromatic ring is 1. The zero-order valence-corrected chi connectivity index (χ0v) is 9.86. The van der Waals surface area contributed by atoms with Gasteiger partial charge in [0.25, 0.3) is 0 Å². The Labute approximate surface area is 108 Å². The van der Waals surface area contributed by atoms with Gasteiger partial charge in [0.1, 0.15) is 11.5 Å². The normalized spacial score (nSPS) is 10.6. The molecule has 0 aliphatic heterocycles. The SMILES string of the molecule is Nc1c(-c2cccnc2)nnn1-c1cccc(F)c1. The molecule has 0 radical (unpaired) electrons. The summed E-state index contributed by atoms with van der Waals surface area (Å²) in [6.45, 7) is 0. The van der Waals surface area contributed by atoms with Crippen LogP contribution in [0.2, 0.25) is 0 Å². The van der Waals surface area contributed by atoms with Crippen LogP contribution in [0.1, 0.15) is 0 Å². The molecule has 2 heterocycles. The zero-order valence-electron chi connectivity index (χ0n) is 9.86. The Bertz CT molecular complexity index is 708. The molecule has 0 bridgehead atoms. The van der Waals surface area contributed by atoms with Crippen LogP contribution < -0.4 is 5.73 Å². The molecule has 0 saturated heterocycles. The largest absolute Gasteiger partial charge is 0.382 e. The van der Waals surface area contributed by atoms with E-state index in [1.807, 2.05) is 6.07 Å². The molecule has 0 saturated carbocycles. The number of rotatable bonds is 2. The Hall–Kier alpha value is -2.76. The monoisotopic (exact) mass is 255 g/mol. The Kier molecular flexibility index (Phi) is 2.68. The lowest BCUT2D eigenvalue weighted by Gasteiger charge is -2.03. The third kappa shape index (κ3) is 2.03. The number of halogens is 1. The predicted molar refractivity (Wildman–Crippen MR) is 69.0 cm³/mol. The Balaban J connectivity index is 2.09. The van der Waals surface area contributed by atoms with E-state index in [4.69, 9.17) is 5.73 Å². The van der Waals surface area contributed by atoms with E-state index in [0.717, 1.165) is 5.56 Å². The number of aromatic nitrogens is 4. The topological polar surface area (TPSA) is 69.6 Å². The number of hydrogen-bond acceptors (Lipinski definition) is 4. The number of benzene rings is 1. The molecular weight excluding hydrogens is 245 g/mol. The molecule has 0 aliphatic rings. The third-order valence-electron chi connectivity index (χ3n) is 2.69. The van der Waals surface area contributed by atoms with Gasteiger partial charge in [0.2, 0.25) is 0 Å². The van der Waals surface area contributed by atoms with Crippen LogP contribution in [-0.4, -0.2) is 20.0 Å². The van der Waals surface area contributed by atoms with Gasteiger partial charge in [-0.1, -0.05) is 11.3 Å². The summed E-state index contributed by atoms with van der Waals surface area (Å²) in [7, 11) is 0. The fourth-order valence-corrected chi connectivity index (χ4v) is 1.80. The van der Waals surface area contributed by atoms with Crippen LogP contribution in [0.4, 0.5) is 10.2 Å². The highest BCUT2D eigenvalue weighted by Crippen LogP contribution is 2.24. The molecule has 0 unspecified atom stereocenters. The molecule has 3 aromatic rings. The Morgan fingerprint density at radius 1 is 1.16 bits per heavy atom. The molecule has 2 N–H and O–H groups in total. The summed E-state index contributed by atoms with van der Waals surface area (Å²) in [6, 6.07) is 9.63. The first-order valence-corrected chi connectivity index (χ1v) is 5.63. The average Bonchev–Trinajstić information content (AvgIpc) is 2.81. The van der Waals surface area contributed by atoms with Crippen molar-refractivity contribution in [2.75, 3.05) is 5.73 Å². The molecule has 0 atom stereocenters. The number of pyridine rings is 1.